The first-order valence-electron chi connectivity index (χ1n) is 7.23. The van der Waals surface area contributed by atoms with Crippen molar-refractivity contribution < 1.29 is 14.3 Å². The van der Waals surface area contributed by atoms with Gasteiger partial charge in [-0.25, -0.2) is 0 Å². The zero-order valence-corrected chi connectivity index (χ0v) is 11.7. The Morgan fingerprint density at radius 2 is 2.38 bits per heavy atom. The summed E-state index contributed by atoms with van der Waals surface area (Å²) in [5, 5.41) is 16.4. The first-order valence-corrected chi connectivity index (χ1v) is 7.23. The summed E-state index contributed by atoms with van der Waals surface area (Å²) in [4.78, 5) is 12.0. The minimum atomic E-state index is -0.212. The highest BCUT2D eigenvalue weighted by Crippen LogP contribution is 2.24. The van der Waals surface area contributed by atoms with Crippen molar-refractivity contribution in [2.75, 3.05) is 6.54 Å². The monoisotopic (exact) mass is 289 g/mol. The van der Waals surface area contributed by atoms with Gasteiger partial charge in [0.05, 0.1) is 12.6 Å². The number of furan rings is 1. The molecule has 1 aliphatic rings. The quantitative estimate of drug-likeness (QED) is 0.872. The predicted molar refractivity (Wildman–Crippen MR) is 75.7 cm³/mol. The number of carbonyl (C=O) groups excluding carboxylic acids is 1. The summed E-state index contributed by atoms with van der Waals surface area (Å²) in [6, 6.07) is 5.31. The van der Waals surface area contributed by atoms with Gasteiger partial charge in [0.1, 0.15) is 5.76 Å². The van der Waals surface area contributed by atoms with Crippen LogP contribution in [0.5, 0.6) is 0 Å². The third-order valence-corrected chi connectivity index (χ3v) is 3.83. The Kier molecular flexibility index (Phi) is 4.06. The summed E-state index contributed by atoms with van der Waals surface area (Å²) in [7, 11) is 0. The van der Waals surface area contributed by atoms with E-state index in [4.69, 9.17) is 4.42 Å². The van der Waals surface area contributed by atoms with Gasteiger partial charge in [0.15, 0.2) is 5.76 Å². The molecule has 2 N–H and O–H groups in total. The van der Waals surface area contributed by atoms with Crippen LogP contribution in [0.2, 0.25) is 0 Å². The average Bonchev–Trinajstić information content (AvgIpc) is 3.19. The molecule has 2 aromatic rings. The maximum Gasteiger partial charge on any atom is 0.287 e. The first kappa shape index (κ1) is 13.9. The molecule has 1 amide bonds. The number of hydrogen-bond acceptors (Lipinski definition) is 4. The van der Waals surface area contributed by atoms with Gasteiger partial charge in [-0.2, -0.15) is 5.10 Å². The van der Waals surface area contributed by atoms with Crippen molar-refractivity contribution in [3.63, 3.8) is 0 Å². The van der Waals surface area contributed by atoms with Crippen molar-refractivity contribution in [1.29, 1.82) is 0 Å². The van der Waals surface area contributed by atoms with Gasteiger partial charge in [0.25, 0.3) is 5.91 Å². The standard InChI is InChI=1S/C15H19N3O3/c19-12-3-2-11(8-12)9-16-15(20)14-5-4-13(21-14)10-18-7-1-6-17-18/h1,4-7,11-12,19H,2-3,8-10H2,(H,16,20). The van der Waals surface area contributed by atoms with E-state index in [0.717, 1.165) is 19.3 Å². The highest BCUT2D eigenvalue weighted by Gasteiger charge is 2.23. The van der Waals surface area contributed by atoms with Gasteiger partial charge in [-0.1, -0.05) is 0 Å². The van der Waals surface area contributed by atoms with Crippen LogP contribution in [0.25, 0.3) is 0 Å². The second-order valence-corrected chi connectivity index (χ2v) is 5.51. The first-order chi connectivity index (χ1) is 10.2. The van der Waals surface area contributed by atoms with Gasteiger partial charge in [-0.3, -0.25) is 9.48 Å². The molecule has 0 spiro atoms. The Bertz CT molecular complexity index is 591. The maximum atomic E-state index is 12.0. The molecule has 3 rings (SSSR count). The van der Waals surface area contributed by atoms with Gasteiger partial charge in [-0.15, -0.1) is 0 Å². The van der Waals surface area contributed by atoms with E-state index in [1.807, 2.05) is 12.3 Å². The molecule has 1 aliphatic carbocycles. The lowest BCUT2D eigenvalue weighted by molar-refractivity contribution is 0.0915. The molecule has 1 saturated carbocycles. The van der Waals surface area contributed by atoms with Crippen molar-refractivity contribution in [2.24, 2.45) is 5.92 Å². The van der Waals surface area contributed by atoms with Gasteiger partial charge in [-0.05, 0) is 43.4 Å². The normalized spacial score (nSPS) is 21.6. The van der Waals surface area contributed by atoms with Crippen LogP contribution in [0.3, 0.4) is 0 Å². The highest BCUT2D eigenvalue weighted by molar-refractivity contribution is 5.91. The largest absolute Gasteiger partial charge is 0.454 e. The number of hydrogen-bond donors (Lipinski definition) is 2. The predicted octanol–water partition coefficient (Wildman–Crippen LogP) is 1.42. The fourth-order valence-electron chi connectivity index (χ4n) is 2.70. The minimum absolute atomic E-state index is 0.205. The second-order valence-electron chi connectivity index (χ2n) is 5.51. The molecule has 112 valence electrons. The molecule has 21 heavy (non-hydrogen) atoms. The summed E-state index contributed by atoms with van der Waals surface area (Å²) in [6.45, 7) is 1.10. The van der Waals surface area contributed by atoms with Crippen LogP contribution in [0.1, 0.15) is 35.6 Å². The van der Waals surface area contributed by atoms with Gasteiger partial charge >= 0.3 is 0 Å². The van der Waals surface area contributed by atoms with E-state index in [0.29, 0.717) is 30.5 Å². The number of nitrogens with zero attached hydrogens (tertiary/aromatic N) is 2. The molecule has 2 heterocycles. The molecular weight excluding hydrogens is 270 g/mol. The van der Waals surface area contributed by atoms with Crippen LogP contribution in [-0.2, 0) is 6.54 Å². The summed E-state index contributed by atoms with van der Waals surface area (Å²) >= 11 is 0. The Balaban J connectivity index is 1.52. The van der Waals surface area contributed by atoms with Crippen LogP contribution >= 0.6 is 0 Å². The van der Waals surface area contributed by atoms with E-state index >= 15 is 0 Å². The van der Waals surface area contributed by atoms with Crippen LogP contribution in [0.15, 0.2) is 35.0 Å². The topological polar surface area (TPSA) is 80.3 Å². The molecule has 0 aliphatic heterocycles. The fourth-order valence-corrected chi connectivity index (χ4v) is 2.70. The highest BCUT2D eigenvalue weighted by atomic mass is 16.4. The molecule has 6 heteroatoms. The number of aliphatic hydroxyl groups excluding tert-OH is 1. The molecule has 2 unspecified atom stereocenters. The van der Waals surface area contributed by atoms with E-state index in [9.17, 15) is 9.90 Å². The SMILES string of the molecule is O=C(NCC1CCC(O)C1)c1ccc(Cn2cccn2)o1. The van der Waals surface area contributed by atoms with Crippen molar-refractivity contribution in [2.45, 2.75) is 31.9 Å². The van der Waals surface area contributed by atoms with Crippen molar-refractivity contribution in [3.8, 4) is 0 Å². The number of rotatable bonds is 5. The average molecular weight is 289 g/mol. The molecular formula is C15H19N3O3. The number of amides is 1. The molecule has 0 saturated heterocycles. The second kappa shape index (κ2) is 6.13. The molecule has 1 fully saturated rings. The van der Waals surface area contributed by atoms with Crippen molar-refractivity contribution in [1.82, 2.24) is 15.1 Å². The third-order valence-electron chi connectivity index (χ3n) is 3.83. The van der Waals surface area contributed by atoms with Gasteiger partial charge < -0.3 is 14.8 Å². The Morgan fingerprint density at radius 3 is 3.10 bits per heavy atom. The number of carbonyl (C=O) groups is 1. The van der Waals surface area contributed by atoms with Crippen LogP contribution < -0.4 is 5.32 Å². The van der Waals surface area contributed by atoms with E-state index < -0.39 is 0 Å². The van der Waals surface area contributed by atoms with E-state index in [1.54, 1.807) is 23.0 Å². The lowest BCUT2D eigenvalue weighted by Crippen LogP contribution is -2.28. The van der Waals surface area contributed by atoms with Gasteiger partial charge in [0.2, 0.25) is 0 Å². The van der Waals surface area contributed by atoms with Crippen LogP contribution in [0.4, 0.5) is 0 Å². The maximum absolute atomic E-state index is 12.0. The van der Waals surface area contributed by atoms with Crippen molar-refractivity contribution >= 4 is 5.91 Å². The number of nitrogens with one attached hydrogen (secondary N) is 1. The number of aromatic nitrogens is 2. The summed E-state index contributed by atoms with van der Waals surface area (Å²) < 4.78 is 7.27. The van der Waals surface area contributed by atoms with Crippen LogP contribution in [0, 0.1) is 5.92 Å². The fraction of sp³-hybridized carbons (Fsp3) is 0.467. The van der Waals surface area contributed by atoms with E-state index in [-0.39, 0.29) is 12.0 Å². The summed E-state index contributed by atoms with van der Waals surface area (Å²) in [5.74, 6) is 1.17. The Labute approximate surface area is 122 Å². The lowest BCUT2D eigenvalue weighted by atomic mass is 10.1. The molecule has 0 radical (unpaired) electrons. The molecule has 2 atom stereocenters. The number of aliphatic hydroxyl groups is 1. The van der Waals surface area contributed by atoms with Crippen molar-refractivity contribution in [3.05, 3.63) is 42.1 Å². The van der Waals surface area contributed by atoms with Gasteiger partial charge in [0, 0.05) is 18.9 Å². The molecule has 2 aromatic heterocycles. The smallest absolute Gasteiger partial charge is 0.287 e. The third kappa shape index (κ3) is 3.52. The van der Waals surface area contributed by atoms with E-state index in [1.165, 1.54) is 0 Å². The summed E-state index contributed by atoms with van der Waals surface area (Å²) in [5.41, 5.74) is 0. The van der Waals surface area contributed by atoms with Crippen LogP contribution in [-0.4, -0.2) is 33.4 Å². The molecule has 0 aromatic carbocycles. The molecule has 6 nitrogen and oxygen atoms in total. The zero-order chi connectivity index (χ0) is 14.7. The zero-order valence-electron chi connectivity index (χ0n) is 11.7. The molecule has 0 bridgehead atoms. The lowest BCUT2D eigenvalue weighted by Gasteiger charge is -2.09. The van der Waals surface area contributed by atoms with E-state index in [2.05, 4.69) is 10.4 Å². The minimum Gasteiger partial charge on any atom is -0.454 e. The Hall–Kier alpha value is -2.08. The summed E-state index contributed by atoms with van der Waals surface area (Å²) in [6.07, 6.45) is 5.89. The Morgan fingerprint density at radius 1 is 1.48 bits per heavy atom.